The largest absolute Gasteiger partial charge is 0.507 e. The number of aromatic nitrogens is 1. The maximum absolute atomic E-state index is 11.6. The fourth-order valence-electron chi connectivity index (χ4n) is 1.60. The first-order chi connectivity index (χ1) is 7.45. The van der Waals surface area contributed by atoms with Crippen LogP contribution in [-0.4, -0.2) is 25.1 Å². The van der Waals surface area contributed by atoms with E-state index in [1.165, 1.54) is 19.2 Å². The third-order valence-electron chi connectivity index (χ3n) is 2.53. The van der Waals surface area contributed by atoms with Crippen molar-refractivity contribution in [2.24, 2.45) is 7.05 Å². The molecule has 2 aromatic rings. The highest BCUT2D eigenvalue weighted by Crippen LogP contribution is 2.28. The second kappa shape index (κ2) is 3.50. The fraction of sp³-hybridized carbons (Fsp3) is 0.200. The van der Waals surface area contributed by atoms with Crippen LogP contribution in [0, 0.1) is 0 Å². The molecule has 1 aromatic heterocycles. The minimum Gasteiger partial charge on any atom is -0.507 e. The molecular weight excluding hydrogens is 228 g/mol. The van der Waals surface area contributed by atoms with Crippen LogP contribution in [0.15, 0.2) is 29.3 Å². The van der Waals surface area contributed by atoms with Crippen LogP contribution in [0.2, 0.25) is 0 Å². The molecular formula is C10H12N2O3S. The molecule has 1 aromatic carbocycles. The second-order valence-corrected chi connectivity index (χ2v) is 5.40. The molecule has 0 spiro atoms. The van der Waals surface area contributed by atoms with Gasteiger partial charge in [-0.25, -0.2) is 13.1 Å². The highest BCUT2D eigenvalue weighted by molar-refractivity contribution is 7.89. The third kappa shape index (κ3) is 1.56. The Morgan fingerprint density at radius 2 is 2.06 bits per heavy atom. The number of hydrogen-bond donors (Lipinski definition) is 2. The van der Waals surface area contributed by atoms with E-state index in [0.29, 0.717) is 10.9 Å². The van der Waals surface area contributed by atoms with Crippen LogP contribution in [0.5, 0.6) is 5.75 Å². The van der Waals surface area contributed by atoms with Crippen LogP contribution in [0.25, 0.3) is 10.9 Å². The van der Waals surface area contributed by atoms with E-state index in [0.717, 1.165) is 0 Å². The van der Waals surface area contributed by atoms with Gasteiger partial charge in [0.2, 0.25) is 10.0 Å². The minimum absolute atomic E-state index is 0.0353. The monoisotopic (exact) mass is 240 g/mol. The SMILES string of the molecule is CNS(=O)(=O)c1cc(O)c2ccn(C)c2c1. The molecule has 86 valence electrons. The van der Waals surface area contributed by atoms with Crippen LogP contribution in [-0.2, 0) is 17.1 Å². The molecule has 0 radical (unpaired) electrons. The molecule has 5 nitrogen and oxygen atoms in total. The van der Waals surface area contributed by atoms with E-state index in [1.54, 1.807) is 23.9 Å². The Morgan fingerprint density at radius 1 is 1.38 bits per heavy atom. The molecule has 1 heterocycles. The Hall–Kier alpha value is -1.53. The topological polar surface area (TPSA) is 71.3 Å². The summed E-state index contributed by atoms with van der Waals surface area (Å²) in [6.07, 6.45) is 1.76. The van der Waals surface area contributed by atoms with E-state index in [1.807, 2.05) is 0 Å². The van der Waals surface area contributed by atoms with Gasteiger partial charge in [-0.2, -0.15) is 0 Å². The molecule has 0 atom stereocenters. The number of fused-ring (bicyclic) bond motifs is 1. The number of nitrogens with one attached hydrogen (secondary N) is 1. The molecule has 0 aliphatic carbocycles. The van der Waals surface area contributed by atoms with Gasteiger partial charge in [0.1, 0.15) is 5.75 Å². The number of aryl methyl sites for hydroxylation is 1. The Kier molecular flexibility index (Phi) is 2.40. The van der Waals surface area contributed by atoms with E-state index < -0.39 is 10.0 Å². The number of sulfonamides is 1. The van der Waals surface area contributed by atoms with Crippen LogP contribution < -0.4 is 4.72 Å². The second-order valence-electron chi connectivity index (χ2n) is 3.51. The average molecular weight is 240 g/mol. The molecule has 6 heteroatoms. The summed E-state index contributed by atoms with van der Waals surface area (Å²) in [7, 11) is -0.406. The molecule has 0 aliphatic rings. The van der Waals surface area contributed by atoms with Gasteiger partial charge in [-0.1, -0.05) is 0 Å². The fourth-order valence-corrected chi connectivity index (χ4v) is 2.37. The van der Waals surface area contributed by atoms with E-state index in [-0.39, 0.29) is 10.6 Å². The van der Waals surface area contributed by atoms with E-state index in [9.17, 15) is 13.5 Å². The third-order valence-corrected chi connectivity index (χ3v) is 3.93. The maximum atomic E-state index is 11.6. The summed E-state index contributed by atoms with van der Waals surface area (Å²) < 4.78 is 27.2. The molecule has 0 unspecified atom stereocenters. The lowest BCUT2D eigenvalue weighted by molar-refractivity contribution is 0.479. The van der Waals surface area contributed by atoms with Crippen molar-refractivity contribution in [3.63, 3.8) is 0 Å². The Morgan fingerprint density at radius 3 is 2.69 bits per heavy atom. The summed E-state index contributed by atoms with van der Waals surface area (Å²) >= 11 is 0. The number of hydrogen-bond acceptors (Lipinski definition) is 3. The predicted octanol–water partition coefficient (Wildman–Crippen LogP) is 0.792. The van der Waals surface area contributed by atoms with Gasteiger partial charge in [0.25, 0.3) is 0 Å². The molecule has 0 aliphatic heterocycles. The highest BCUT2D eigenvalue weighted by atomic mass is 32.2. The molecule has 0 saturated carbocycles. The van der Waals surface area contributed by atoms with Crippen molar-refractivity contribution in [3.05, 3.63) is 24.4 Å². The van der Waals surface area contributed by atoms with Crippen molar-refractivity contribution in [1.29, 1.82) is 0 Å². The molecule has 16 heavy (non-hydrogen) atoms. The van der Waals surface area contributed by atoms with Gasteiger partial charge >= 0.3 is 0 Å². The Bertz CT molecular complexity index is 643. The van der Waals surface area contributed by atoms with Gasteiger partial charge in [-0.3, -0.25) is 0 Å². The predicted molar refractivity (Wildman–Crippen MR) is 60.8 cm³/mol. The zero-order valence-corrected chi connectivity index (χ0v) is 9.75. The van der Waals surface area contributed by atoms with Gasteiger partial charge < -0.3 is 9.67 Å². The summed E-state index contributed by atoms with van der Waals surface area (Å²) in [6.45, 7) is 0. The molecule has 0 fully saturated rings. The summed E-state index contributed by atoms with van der Waals surface area (Å²) in [5.41, 5.74) is 0.675. The zero-order chi connectivity index (χ0) is 11.9. The van der Waals surface area contributed by atoms with E-state index in [2.05, 4.69) is 4.72 Å². The Balaban J connectivity index is 2.80. The van der Waals surface area contributed by atoms with Crippen molar-refractivity contribution in [1.82, 2.24) is 9.29 Å². The lowest BCUT2D eigenvalue weighted by Gasteiger charge is -2.05. The normalized spacial score (nSPS) is 12.1. The summed E-state index contributed by atoms with van der Waals surface area (Å²) in [6, 6.07) is 4.51. The van der Waals surface area contributed by atoms with Crippen molar-refractivity contribution in [2.45, 2.75) is 4.90 Å². The lowest BCUT2D eigenvalue weighted by atomic mass is 10.2. The van der Waals surface area contributed by atoms with Gasteiger partial charge in [-0.05, 0) is 19.2 Å². The Labute approximate surface area is 93.4 Å². The zero-order valence-electron chi connectivity index (χ0n) is 8.93. The van der Waals surface area contributed by atoms with E-state index in [4.69, 9.17) is 0 Å². The van der Waals surface area contributed by atoms with Gasteiger partial charge in [-0.15, -0.1) is 0 Å². The number of benzene rings is 1. The van der Waals surface area contributed by atoms with Crippen molar-refractivity contribution >= 4 is 20.9 Å². The van der Waals surface area contributed by atoms with E-state index >= 15 is 0 Å². The van der Waals surface area contributed by atoms with Crippen LogP contribution in [0.1, 0.15) is 0 Å². The number of phenolic OH excluding ortho intramolecular Hbond substituents is 1. The van der Waals surface area contributed by atoms with Gasteiger partial charge in [0.05, 0.1) is 10.4 Å². The number of nitrogens with zero attached hydrogens (tertiary/aromatic N) is 1. The first-order valence-corrected chi connectivity index (χ1v) is 6.15. The molecule has 2 rings (SSSR count). The molecule has 0 saturated heterocycles. The summed E-state index contributed by atoms with van der Waals surface area (Å²) in [4.78, 5) is 0.0572. The quantitative estimate of drug-likeness (QED) is 0.815. The number of phenols is 1. The summed E-state index contributed by atoms with van der Waals surface area (Å²) in [5.74, 6) is -0.0353. The van der Waals surface area contributed by atoms with Gasteiger partial charge in [0.15, 0.2) is 0 Å². The minimum atomic E-state index is -3.53. The lowest BCUT2D eigenvalue weighted by Crippen LogP contribution is -2.18. The molecule has 0 bridgehead atoms. The first-order valence-electron chi connectivity index (χ1n) is 4.67. The number of rotatable bonds is 2. The van der Waals surface area contributed by atoms with Crippen LogP contribution >= 0.6 is 0 Å². The first kappa shape index (κ1) is 11.0. The van der Waals surface area contributed by atoms with Crippen molar-refractivity contribution in [2.75, 3.05) is 7.05 Å². The number of aromatic hydroxyl groups is 1. The highest BCUT2D eigenvalue weighted by Gasteiger charge is 2.15. The molecule has 0 amide bonds. The average Bonchev–Trinajstić information content (AvgIpc) is 2.61. The smallest absolute Gasteiger partial charge is 0.240 e. The van der Waals surface area contributed by atoms with Gasteiger partial charge in [0, 0.05) is 24.7 Å². The standard InChI is InChI=1S/C10H12N2O3S/c1-11-16(14,15)7-5-9-8(10(13)6-7)3-4-12(9)2/h3-6,11,13H,1-2H3. The summed E-state index contributed by atoms with van der Waals surface area (Å²) in [5, 5.41) is 10.4. The van der Waals surface area contributed by atoms with Crippen molar-refractivity contribution in [3.8, 4) is 5.75 Å². The maximum Gasteiger partial charge on any atom is 0.240 e. The van der Waals surface area contributed by atoms with Crippen LogP contribution in [0.4, 0.5) is 0 Å². The molecule has 2 N–H and O–H groups in total. The van der Waals surface area contributed by atoms with Crippen LogP contribution in [0.3, 0.4) is 0 Å². The van der Waals surface area contributed by atoms with Crippen molar-refractivity contribution < 1.29 is 13.5 Å².